The molecular weight excluding hydrogens is 400 g/mol. The average Bonchev–Trinajstić information content (AvgIpc) is 2.48. The SMILES string of the molecule is CCOc1cc(-c2c(C(=O)O)c(N)[nH]c(=O)c2C(=O)O)c(Br)cc1O. The van der Waals surface area contributed by atoms with Crippen LogP contribution in [0.25, 0.3) is 11.1 Å². The van der Waals surface area contributed by atoms with Gasteiger partial charge in [0.25, 0.3) is 5.56 Å². The maximum absolute atomic E-state index is 12.0. The monoisotopic (exact) mass is 412 g/mol. The Kier molecular flexibility index (Phi) is 5.02. The molecule has 10 heteroatoms. The van der Waals surface area contributed by atoms with E-state index in [1.54, 1.807) is 6.92 Å². The molecule has 132 valence electrons. The molecule has 0 radical (unpaired) electrons. The number of ether oxygens (including phenoxy) is 1. The van der Waals surface area contributed by atoms with Crippen molar-refractivity contribution in [2.45, 2.75) is 6.92 Å². The van der Waals surface area contributed by atoms with Gasteiger partial charge in [0.05, 0.1) is 6.61 Å². The molecule has 6 N–H and O–H groups in total. The number of nitrogens with two attached hydrogens (primary N) is 1. The Labute approximate surface area is 148 Å². The van der Waals surface area contributed by atoms with E-state index in [1.807, 2.05) is 4.98 Å². The Bertz CT molecular complexity index is 936. The van der Waals surface area contributed by atoms with Gasteiger partial charge in [-0.05, 0) is 19.1 Å². The fourth-order valence-corrected chi connectivity index (χ4v) is 2.85. The number of aromatic nitrogens is 1. The summed E-state index contributed by atoms with van der Waals surface area (Å²) in [6, 6.07) is 2.44. The molecule has 1 heterocycles. The number of phenols is 1. The Hall–Kier alpha value is -3.01. The molecule has 0 aliphatic carbocycles. The van der Waals surface area contributed by atoms with E-state index in [9.17, 15) is 29.7 Å². The van der Waals surface area contributed by atoms with E-state index in [0.29, 0.717) is 0 Å². The van der Waals surface area contributed by atoms with Crippen molar-refractivity contribution in [2.24, 2.45) is 0 Å². The number of benzene rings is 1. The van der Waals surface area contributed by atoms with Gasteiger partial charge < -0.3 is 30.8 Å². The summed E-state index contributed by atoms with van der Waals surface area (Å²) in [6.45, 7) is 1.86. The van der Waals surface area contributed by atoms with Gasteiger partial charge >= 0.3 is 11.9 Å². The van der Waals surface area contributed by atoms with Crippen molar-refractivity contribution in [3.05, 3.63) is 38.1 Å². The highest BCUT2D eigenvalue weighted by molar-refractivity contribution is 9.10. The van der Waals surface area contributed by atoms with Crippen molar-refractivity contribution in [2.75, 3.05) is 12.3 Å². The number of carbonyl (C=O) groups is 2. The molecule has 0 atom stereocenters. The number of carboxylic acid groups (broad SMARTS) is 2. The molecule has 1 aromatic carbocycles. The largest absolute Gasteiger partial charge is 0.504 e. The molecule has 25 heavy (non-hydrogen) atoms. The number of hydrogen-bond acceptors (Lipinski definition) is 6. The molecule has 9 nitrogen and oxygen atoms in total. The molecule has 0 spiro atoms. The smallest absolute Gasteiger partial charge is 0.342 e. The topological polar surface area (TPSA) is 163 Å². The summed E-state index contributed by atoms with van der Waals surface area (Å²) in [5.41, 5.74) is 2.79. The number of nitrogens with one attached hydrogen (secondary N) is 1. The maximum atomic E-state index is 12.0. The number of phenolic OH excluding ortho intramolecular Hbond substituents is 1. The van der Waals surface area contributed by atoms with Gasteiger partial charge in [-0.3, -0.25) is 4.79 Å². The van der Waals surface area contributed by atoms with E-state index >= 15 is 0 Å². The lowest BCUT2D eigenvalue weighted by Crippen LogP contribution is -2.24. The summed E-state index contributed by atoms with van der Waals surface area (Å²) in [5, 5.41) is 28.7. The first-order chi connectivity index (χ1) is 11.7. The van der Waals surface area contributed by atoms with E-state index < -0.39 is 40.0 Å². The molecule has 0 saturated carbocycles. The summed E-state index contributed by atoms with van der Waals surface area (Å²) < 4.78 is 5.39. The molecule has 0 unspecified atom stereocenters. The number of pyridine rings is 1. The minimum atomic E-state index is -1.63. The van der Waals surface area contributed by atoms with Gasteiger partial charge in [-0.2, -0.15) is 0 Å². The minimum Gasteiger partial charge on any atom is -0.504 e. The third kappa shape index (κ3) is 3.29. The second-order valence-corrected chi connectivity index (χ2v) is 5.69. The molecule has 0 amide bonds. The summed E-state index contributed by atoms with van der Waals surface area (Å²) >= 11 is 3.13. The lowest BCUT2D eigenvalue weighted by molar-refractivity contribution is 0.0695. The molecule has 0 saturated heterocycles. The number of aromatic hydroxyl groups is 1. The van der Waals surface area contributed by atoms with Crippen LogP contribution in [0.2, 0.25) is 0 Å². The van der Waals surface area contributed by atoms with Gasteiger partial charge in [0.2, 0.25) is 0 Å². The zero-order chi connectivity index (χ0) is 18.9. The number of aromatic carboxylic acids is 2. The summed E-state index contributed by atoms with van der Waals surface area (Å²) in [4.78, 5) is 37.2. The van der Waals surface area contributed by atoms with Crippen LogP contribution in [-0.2, 0) is 0 Å². The number of carboxylic acids is 2. The highest BCUT2D eigenvalue weighted by Gasteiger charge is 2.28. The zero-order valence-electron chi connectivity index (χ0n) is 12.8. The molecule has 2 rings (SSSR count). The third-order valence-corrected chi connectivity index (χ3v) is 3.95. The van der Waals surface area contributed by atoms with Crippen LogP contribution in [0.1, 0.15) is 27.6 Å². The van der Waals surface area contributed by atoms with Crippen molar-refractivity contribution < 1.29 is 29.6 Å². The predicted molar refractivity (Wildman–Crippen MR) is 91.4 cm³/mol. The second-order valence-electron chi connectivity index (χ2n) is 4.84. The summed E-state index contributed by atoms with van der Waals surface area (Å²) in [7, 11) is 0. The molecule has 1 aromatic heterocycles. The summed E-state index contributed by atoms with van der Waals surface area (Å²) in [5.74, 6) is -3.90. The Morgan fingerprint density at radius 3 is 2.36 bits per heavy atom. The van der Waals surface area contributed by atoms with Crippen LogP contribution in [0, 0.1) is 0 Å². The van der Waals surface area contributed by atoms with Crippen LogP contribution in [0.4, 0.5) is 5.82 Å². The van der Waals surface area contributed by atoms with Crippen molar-refractivity contribution in [3.63, 3.8) is 0 Å². The predicted octanol–water partition coefficient (Wildman–Crippen LogP) is 1.89. The molecular formula is C15H13BrN2O7. The first-order valence-corrected chi connectivity index (χ1v) is 7.66. The molecule has 2 aromatic rings. The van der Waals surface area contributed by atoms with E-state index in [1.165, 1.54) is 12.1 Å². The van der Waals surface area contributed by atoms with Crippen LogP contribution in [-0.4, -0.2) is 38.8 Å². The normalized spacial score (nSPS) is 10.5. The standard InChI is InChI=1S/C15H13BrN2O7/c1-2-25-8-3-5(6(16)4-7(8)19)9-10(14(21)22)12(17)18-13(20)11(9)15(23)24/h3-4,19H,2H2,1H3,(H,21,22)(H,23,24)(H3,17,18,20). The fraction of sp³-hybridized carbons (Fsp3) is 0.133. The average molecular weight is 413 g/mol. The first kappa shape index (κ1) is 18.3. The fourth-order valence-electron chi connectivity index (χ4n) is 2.32. The second kappa shape index (κ2) is 6.85. The van der Waals surface area contributed by atoms with Crippen LogP contribution < -0.4 is 16.0 Å². The first-order valence-electron chi connectivity index (χ1n) is 6.87. The van der Waals surface area contributed by atoms with Gasteiger partial charge in [0.1, 0.15) is 16.9 Å². The Balaban J connectivity index is 3.00. The highest BCUT2D eigenvalue weighted by atomic mass is 79.9. The number of H-pyrrole nitrogens is 1. The zero-order valence-corrected chi connectivity index (χ0v) is 14.4. The van der Waals surface area contributed by atoms with Gasteiger partial charge in [-0.25, -0.2) is 9.59 Å². The Morgan fingerprint density at radius 2 is 1.84 bits per heavy atom. The molecule has 0 aliphatic rings. The van der Waals surface area contributed by atoms with Gasteiger partial charge in [0.15, 0.2) is 11.5 Å². The van der Waals surface area contributed by atoms with Crippen LogP contribution in [0.15, 0.2) is 21.4 Å². The number of nitrogen functional groups attached to an aromatic ring is 1. The molecule has 0 fully saturated rings. The van der Waals surface area contributed by atoms with Gasteiger partial charge in [-0.1, -0.05) is 15.9 Å². The number of halogens is 1. The highest BCUT2D eigenvalue weighted by Crippen LogP contribution is 2.40. The third-order valence-electron chi connectivity index (χ3n) is 3.29. The van der Waals surface area contributed by atoms with Crippen molar-refractivity contribution >= 4 is 33.7 Å². The van der Waals surface area contributed by atoms with E-state index in [0.717, 1.165) is 0 Å². The minimum absolute atomic E-state index is 0.00719. The van der Waals surface area contributed by atoms with Crippen LogP contribution in [0.3, 0.4) is 0 Å². The van der Waals surface area contributed by atoms with Crippen molar-refractivity contribution in [1.82, 2.24) is 4.98 Å². The van der Waals surface area contributed by atoms with Gasteiger partial charge in [0, 0.05) is 15.6 Å². The van der Waals surface area contributed by atoms with Crippen molar-refractivity contribution in [3.8, 4) is 22.6 Å². The van der Waals surface area contributed by atoms with E-state index in [2.05, 4.69) is 15.9 Å². The number of aromatic amines is 1. The van der Waals surface area contributed by atoms with Crippen LogP contribution >= 0.6 is 15.9 Å². The molecule has 0 bridgehead atoms. The maximum Gasteiger partial charge on any atom is 0.342 e. The van der Waals surface area contributed by atoms with Crippen LogP contribution in [0.5, 0.6) is 11.5 Å². The van der Waals surface area contributed by atoms with E-state index in [4.69, 9.17) is 10.5 Å². The number of anilines is 1. The lowest BCUT2D eigenvalue weighted by Gasteiger charge is -2.15. The lowest BCUT2D eigenvalue weighted by atomic mass is 9.95. The van der Waals surface area contributed by atoms with E-state index in [-0.39, 0.29) is 28.1 Å². The number of hydrogen-bond donors (Lipinski definition) is 5. The Morgan fingerprint density at radius 1 is 1.24 bits per heavy atom. The summed E-state index contributed by atoms with van der Waals surface area (Å²) in [6.07, 6.45) is 0. The van der Waals surface area contributed by atoms with Gasteiger partial charge in [-0.15, -0.1) is 0 Å². The molecule has 0 aliphatic heterocycles. The van der Waals surface area contributed by atoms with Crippen molar-refractivity contribution in [1.29, 1.82) is 0 Å². The quantitative estimate of drug-likeness (QED) is 0.496. The number of rotatable bonds is 5.